The van der Waals surface area contributed by atoms with Crippen LogP contribution in [0.15, 0.2) is 48.5 Å². The Morgan fingerprint density at radius 3 is 1.57 bits per heavy atom. The molecule has 21 heavy (non-hydrogen) atoms. The van der Waals surface area contributed by atoms with Gasteiger partial charge in [0.05, 0.1) is 17.4 Å². The minimum absolute atomic E-state index is 0.103. The van der Waals surface area contributed by atoms with Gasteiger partial charge in [0, 0.05) is 0 Å². The monoisotopic (exact) mass is 285 g/mol. The van der Waals surface area contributed by atoms with E-state index in [-0.39, 0.29) is 33.0 Å². The molecule has 2 rings (SSSR count). The number of rotatable bonds is 4. The van der Waals surface area contributed by atoms with Gasteiger partial charge < -0.3 is 20.9 Å². The lowest BCUT2D eigenvalue weighted by Gasteiger charge is -2.29. The number of hydrogen-bond acceptors (Lipinski definition) is 7. The first-order valence-corrected chi connectivity index (χ1v) is 5.96. The van der Waals surface area contributed by atoms with Gasteiger partial charge in [-0.05, 0) is 23.3 Å². The van der Waals surface area contributed by atoms with Crippen molar-refractivity contribution in [3.05, 3.63) is 70.1 Å². The summed E-state index contributed by atoms with van der Waals surface area (Å²) < 4.78 is 0. The molecule has 0 saturated carbocycles. The minimum Gasteiger partial charge on any atom is -0.733 e. The van der Waals surface area contributed by atoms with Gasteiger partial charge in [-0.2, -0.15) is 5.26 Å². The second-order valence-electron chi connectivity index (χ2n) is 4.23. The maximum atomic E-state index is 11.2. The maximum absolute atomic E-state index is 11.2. The lowest BCUT2D eigenvalue weighted by atomic mass is 9.90. The molecule has 0 bridgehead atoms. The average molecular weight is 285 g/mol. The predicted molar refractivity (Wildman–Crippen MR) is 75.6 cm³/mol. The van der Waals surface area contributed by atoms with Gasteiger partial charge in [-0.25, -0.2) is 0 Å². The van der Waals surface area contributed by atoms with Crippen LogP contribution in [-0.2, 0) is 0 Å². The van der Waals surface area contributed by atoms with Gasteiger partial charge in [0.25, 0.3) is 0 Å². The summed E-state index contributed by atoms with van der Waals surface area (Å²) in [5.41, 5.74) is 0.252. The van der Waals surface area contributed by atoms with Gasteiger partial charge in [0.2, 0.25) is 0 Å². The molecule has 108 valence electrons. The first kappa shape index (κ1) is 14.8. The summed E-state index contributed by atoms with van der Waals surface area (Å²) in [5, 5.41) is 49.3. The Labute approximate surface area is 120 Å². The Morgan fingerprint density at radius 1 is 0.857 bits per heavy atom. The molecular formula is C14H11N3O4-2. The van der Waals surface area contributed by atoms with E-state index >= 15 is 0 Å². The van der Waals surface area contributed by atoms with Crippen LogP contribution in [-0.4, -0.2) is 10.4 Å². The Balaban J connectivity index is 2.59. The number of nitrogens with zero attached hydrogens (tertiary/aromatic N) is 3. The second-order valence-corrected chi connectivity index (χ2v) is 4.23. The molecule has 7 nitrogen and oxygen atoms in total. The van der Waals surface area contributed by atoms with Gasteiger partial charge in [0.15, 0.2) is 0 Å². The molecule has 0 saturated heterocycles. The highest BCUT2D eigenvalue weighted by atomic mass is 16.8. The third-order valence-corrected chi connectivity index (χ3v) is 3.04. The highest BCUT2D eigenvalue weighted by Crippen LogP contribution is 2.35. The molecule has 0 atom stereocenters. The van der Waals surface area contributed by atoms with Gasteiger partial charge >= 0.3 is 0 Å². The number of anilines is 2. The Bertz CT molecular complexity index is 616. The molecule has 0 unspecified atom stereocenters. The molecule has 0 aliphatic rings. The van der Waals surface area contributed by atoms with E-state index in [4.69, 9.17) is 10.4 Å². The number of hydrogen-bond donors (Lipinski definition) is 2. The summed E-state index contributed by atoms with van der Waals surface area (Å²) in [6.07, 6.45) is 0. The van der Waals surface area contributed by atoms with Crippen molar-refractivity contribution < 1.29 is 10.4 Å². The number of para-hydroxylation sites is 2. The van der Waals surface area contributed by atoms with Crippen molar-refractivity contribution >= 4 is 11.4 Å². The van der Waals surface area contributed by atoms with Crippen molar-refractivity contribution in [2.24, 2.45) is 0 Å². The molecule has 0 heterocycles. The number of nitriles is 1. The molecule has 0 spiro atoms. The summed E-state index contributed by atoms with van der Waals surface area (Å²) in [4.78, 5) is 0. The van der Waals surface area contributed by atoms with E-state index in [2.05, 4.69) is 0 Å². The minimum atomic E-state index is -0.996. The maximum Gasteiger partial charge on any atom is 0.100 e. The van der Waals surface area contributed by atoms with E-state index in [0.717, 1.165) is 0 Å². The Morgan fingerprint density at radius 2 is 1.24 bits per heavy atom. The zero-order chi connectivity index (χ0) is 15.4. The summed E-state index contributed by atoms with van der Waals surface area (Å²) in [7, 11) is 0. The highest BCUT2D eigenvalue weighted by molar-refractivity contribution is 5.63. The molecule has 0 aliphatic carbocycles. The van der Waals surface area contributed by atoms with Crippen molar-refractivity contribution in [3.63, 3.8) is 0 Å². The second kappa shape index (κ2) is 6.21. The molecule has 0 radical (unpaired) electrons. The standard InChI is InChI=1S/C14H11N3O4/c15-9-12(10-5-1-3-7-13(10)16(18)19)11-6-2-4-8-14(11)17(20)21/h1-8,12,18,20H/q-2. The SMILES string of the molecule is N#CC(c1ccccc1N([O-])O)c1ccccc1N([O-])O. The van der Waals surface area contributed by atoms with Gasteiger partial charge in [0.1, 0.15) is 5.92 Å². The fourth-order valence-corrected chi connectivity index (χ4v) is 2.12. The lowest BCUT2D eigenvalue weighted by Crippen LogP contribution is -2.15. The molecule has 0 aliphatic heterocycles. The third kappa shape index (κ3) is 2.94. The van der Waals surface area contributed by atoms with Crippen molar-refractivity contribution in [2.45, 2.75) is 5.92 Å². The van der Waals surface area contributed by atoms with Crippen molar-refractivity contribution in [1.82, 2.24) is 0 Å². The van der Waals surface area contributed by atoms with Crippen LogP contribution in [0.25, 0.3) is 0 Å². The van der Waals surface area contributed by atoms with Crippen molar-refractivity contribution in [1.29, 1.82) is 5.26 Å². The average Bonchev–Trinajstić information content (AvgIpc) is 2.48. The van der Waals surface area contributed by atoms with Crippen LogP contribution in [0.3, 0.4) is 0 Å². The van der Waals surface area contributed by atoms with E-state index in [1.807, 2.05) is 6.07 Å². The van der Waals surface area contributed by atoms with Crippen LogP contribution < -0.4 is 10.5 Å². The normalized spacial score (nSPS) is 10.3. The largest absolute Gasteiger partial charge is 0.733 e. The fourth-order valence-electron chi connectivity index (χ4n) is 2.12. The predicted octanol–water partition coefficient (Wildman–Crippen LogP) is 2.73. The smallest absolute Gasteiger partial charge is 0.100 e. The van der Waals surface area contributed by atoms with E-state index in [9.17, 15) is 15.7 Å². The van der Waals surface area contributed by atoms with Crippen molar-refractivity contribution in [2.75, 3.05) is 10.5 Å². The molecule has 0 fully saturated rings. The first-order chi connectivity index (χ1) is 10.1. The topological polar surface area (TPSA) is 117 Å². The molecule has 2 N–H and O–H groups in total. The Kier molecular flexibility index (Phi) is 4.37. The van der Waals surface area contributed by atoms with Gasteiger partial charge in [-0.3, -0.25) is 10.4 Å². The van der Waals surface area contributed by atoms with Crippen LogP contribution >= 0.6 is 0 Å². The van der Waals surface area contributed by atoms with E-state index in [1.54, 1.807) is 12.1 Å². The van der Waals surface area contributed by atoms with E-state index in [1.165, 1.54) is 36.4 Å². The summed E-state index contributed by atoms with van der Waals surface area (Å²) >= 11 is 0. The van der Waals surface area contributed by atoms with Crippen LogP contribution in [0.4, 0.5) is 11.4 Å². The molecular weight excluding hydrogens is 274 g/mol. The third-order valence-electron chi connectivity index (χ3n) is 3.04. The summed E-state index contributed by atoms with van der Waals surface area (Å²) in [6.45, 7) is 0. The molecule has 0 aromatic heterocycles. The number of benzene rings is 2. The molecule has 2 aromatic carbocycles. The summed E-state index contributed by atoms with van der Waals surface area (Å²) in [5.74, 6) is -0.996. The van der Waals surface area contributed by atoms with Crippen molar-refractivity contribution in [3.8, 4) is 6.07 Å². The van der Waals surface area contributed by atoms with E-state index in [0.29, 0.717) is 0 Å². The Hall–Kier alpha value is -2.63. The quantitative estimate of drug-likeness (QED) is 0.829. The van der Waals surface area contributed by atoms with Gasteiger partial charge in [-0.15, -0.1) is 0 Å². The zero-order valence-corrected chi connectivity index (χ0v) is 10.7. The first-order valence-electron chi connectivity index (χ1n) is 5.96. The van der Waals surface area contributed by atoms with Crippen LogP contribution in [0, 0.1) is 21.7 Å². The fraction of sp³-hybridized carbons (Fsp3) is 0.0714. The van der Waals surface area contributed by atoms with Crippen LogP contribution in [0.5, 0.6) is 0 Å². The molecule has 2 aromatic rings. The van der Waals surface area contributed by atoms with Crippen LogP contribution in [0.2, 0.25) is 0 Å². The molecule has 7 heteroatoms. The van der Waals surface area contributed by atoms with Crippen LogP contribution in [0.1, 0.15) is 17.0 Å². The van der Waals surface area contributed by atoms with E-state index < -0.39 is 5.92 Å². The summed E-state index contributed by atoms with van der Waals surface area (Å²) in [6, 6.07) is 13.9. The molecule has 0 amide bonds. The highest BCUT2D eigenvalue weighted by Gasteiger charge is 2.20. The zero-order valence-electron chi connectivity index (χ0n) is 10.7. The van der Waals surface area contributed by atoms with Gasteiger partial charge in [-0.1, -0.05) is 36.4 Å². The lowest BCUT2D eigenvalue weighted by molar-refractivity contribution is 0.295.